The number of pyridine rings is 1. The highest BCUT2D eigenvalue weighted by Crippen LogP contribution is 2.32. The number of anilines is 2. The molecule has 8 heteroatoms. The molecule has 1 aromatic heterocycles. The van der Waals surface area contributed by atoms with Gasteiger partial charge in [0.2, 0.25) is 0 Å². The van der Waals surface area contributed by atoms with Crippen molar-refractivity contribution in [2.24, 2.45) is 0 Å². The van der Waals surface area contributed by atoms with Crippen LogP contribution >= 0.6 is 0 Å². The molecule has 0 aliphatic carbocycles. The van der Waals surface area contributed by atoms with E-state index >= 15 is 0 Å². The Kier molecular flexibility index (Phi) is 5.44. The van der Waals surface area contributed by atoms with E-state index in [2.05, 4.69) is 9.72 Å². The van der Waals surface area contributed by atoms with Crippen molar-refractivity contribution in [3.05, 3.63) is 42.0 Å². The van der Waals surface area contributed by atoms with Gasteiger partial charge in [0.05, 0.1) is 19.3 Å². The molecule has 0 spiro atoms. The molecule has 0 bridgehead atoms. The number of carbonyl (C=O) groups excluding carboxylic acids is 2. The fraction of sp³-hybridized carbons (Fsp3) is 0.316. The highest BCUT2D eigenvalue weighted by molar-refractivity contribution is 5.98. The van der Waals surface area contributed by atoms with Crippen LogP contribution in [-0.2, 0) is 9.53 Å². The molecule has 1 atom stereocenters. The topological polar surface area (TPSA) is 104 Å². The second-order valence-electron chi connectivity index (χ2n) is 6.03. The average Bonchev–Trinajstić information content (AvgIpc) is 2.68. The highest BCUT2D eigenvalue weighted by atomic mass is 16.5. The van der Waals surface area contributed by atoms with Crippen molar-refractivity contribution in [2.75, 3.05) is 30.9 Å². The number of nitrogen functional groups attached to an aromatic ring is 1. The average molecular weight is 371 g/mol. The molecule has 0 radical (unpaired) electrons. The molecule has 27 heavy (non-hydrogen) atoms. The Bertz CT molecular complexity index is 838. The van der Waals surface area contributed by atoms with Crippen LogP contribution in [0.15, 0.2) is 36.4 Å². The molecule has 8 nitrogen and oxygen atoms in total. The lowest BCUT2D eigenvalue weighted by atomic mass is 10.2. The van der Waals surface area contributed by atoms with Gasteiger partial charge in [0.25, 0.3) is 5.91 Å². The van der Waals surface area contributed by atoms with Crippen LogP contribution in [0.1, 0.15) is 23.7 Å². The van der Waals surface area contributed by atoms with Gasteiger partial charge in [-0.25, -0.2) is 9.78 Å². The summed E-state index contributed by atoms with van der Waals surface area (Å²) in [6.45, 7) is 2.53. The molecule has 142 valence electrons. The first-order valence-corrected chi connectivity index (χ1v) is 8.55. The maximum absolute atomic E-state index is 12.4. The first-order valence-electron chi connectivity index (χ1n) is 8.55. The SMILES string of the molecule is COC(=O)c1ccc(OCCCN2C(=O)C(C)Oc3ccc(N)nc32)cc1. The zero-order valence-corrected chi connectivity index (χ0v) is 15.2. The summed E-state index contributed by atoms with van der Waals surface area (Å²) in [5.74, 6) is 1.37. The summed E-state index contributed by atoms with van der Waals surface area (Å²) in [4.78, 5) is 29.6. The van der Waals surface area contributed by atoms with Crippen LogP contribution in [0.4, 0.5) is 11.6 Å². The largest absolute Gasteiger partial charge is 0.494 e. The summed E-state index contributed by atoms with van der Waals surface area (Å²) in [6, 6.07) is 10.0. The van der Waals surface area contributed by atoms with Crippen molar-refractivity contribution in [1.29, 1.82) is 0 Å². The third kappa shape index (κ3) is 4.11. The fourth-order valence-corrected chi connectivity index (χ4v) is 2.73. The predicted octanol–water partition coefficient (Wildman–Crippen LogP) is 2.03. The number of methoxy groups -OCH3 is 1. The monoisotopic (exact) mass is 371 g/mol. The van der Waals surface area contributed by atoms with E-state index in [1.165, 1.54) is 7.11 Å². The number of aromatic nitrogens is 1. The van der Waals surface area contributed by atoms with Gasteiger partial charge in [-0.15, -0.1) is 0 Å². The molecule has 1 aliphatic rings. The Morgan fingerprint density at radius 3 is 2.70 bits per heavy atom. The van der Waals surface area contributed by atoms with Gasteiger partial charge in [-0.1, -0.05) is 0 Å². The van der Waals surface area contributed by atoms with Crippen LogP contribution in [-0.4, -0.2) is 43.2 Å². The van der Waals surface area contributed by atoms with E-state index in [0.717, 1.165) is 0 Å². The highest BCUT2D eigenvalue weighted by Gasteiger charge is 2.32. The minimum Gasteiger partial charge on any atom is -0.494 e. The number of hydrogen-bond acceptors (Lipinski definition) is 7. The smallest absolute Gasteiger partial charge is 0.337 e. The van der Waals surface area contributed by atoms with E-state index in [9.17, 15) is 9.59 Å². The van der Waals surface area contributed by atoms with Gasteiger partial charge in [-0.3, -0.25) is 9.69 Å². The number of nitrogens with two attached hydrogens (primary N) is 1. The maximum atomic E-state index is 12.4. The Morgan fingerprint density at radius 2 is 2.00 bits per heavy atom. The lowest BCUT2D eigenvalue weighted by molar-refractivity contribution is -0.125. The Hall–Kier alpha value is -3.29. The van der Waals surface area contributed by atoms with Crippen LogP contribution in [0.3, 0.4) is 0 Å². The molecule has 2 heterocycles. The molecule has 1 unspecified atom stereocenters. The molecular weight excluding hydrogens is 350 g/mol. The summed E-state index contributed by atoms with van der Waals surface area (Å²) in [5.41, 5.74) is 6.19. The first-order chi connectivity index (χ1) is 13.0. The van der Waals surface area contributed by atoms with Gasteiger partial charge < -0.3 is 19.9 Å². The second kappa shape index (κ2) is 7.94. The molecule has 1 aromatic carbocycles. The third-order valence-corrected chi connectivity index (χ3v) is 4.10. The van der Waals surface area contributed by atoms with Crippen molar-refractivity contribution in [3.8, 4) is 11.5 Å². The normalized spacial score (nSPS) is 15.7. The van der Waals surface area contributed by atoms with Crippen LogP contribution in [0.5, 0.6) is 11.5 Å². The number of amides is 1. The first kappa shape index (κ1) is 18.5. The predicted molar refractivity (Wildman–Crippen MR) is 99.0 cm³/mol. The number of ether oxygens (including phenoxy) is 3. The number of fused-ring (bicyclic) bond motifs is 1. The summed E-state index contributed by atoms with van der Waals surface area (Å²) in [6.07, 6.45) is 0.0161. The minimum absolute atomic E-state index is 0.164. The zero-order chi connectivity index (χ0) is 19.4. The number of nitrogens with zero attached hydrogens (tertiary/aromatic N) is 2. The zero-order valence-electron chi connectivity index (χ0n) is 15.2. The molecule has 2 aromatic rings. The van der Waals surface area contributed by atoms with Gasteiger partial charge in [-0.2, -0.15) is 0 Å². The lowest BCUT2D eigenvalue weighted by Gasteiger charge is -2.32. The van der Waals surface area contributed by atoms with Crippen molar-refractivity contribution in [1.82, 2.24) is 4.98 Å². The van der Waals surface area contributed by atoms with E-state index in [1.54, 1.807) is 48.2 Å². The van der Waals surface area contributed by atoms with E-state index in [0.29, 0.717) is 48.3 Å². The molecule has 0 saturated carbocycles. The lowest BCUT2D eigenvalue weighted by Crippen LogP contribution is -2.45. The standard InChI is InChI=1S/C19H21N3O5/c1-12-18(23)22(17-15(27-12)8-9-16(20)21-17)10-3-11-26-14-6-4-13(5-7-14)19(24)25-2/h4-9,12H,3,10-11H2,1-2H3,(H2,20,21). The van der Waals surface area contributed by atoms with E-state index in [1.807, 2.05) is 0 Å². The van der Waals surface area contributed by atoms with Crippen LogP contribution in [0.2, 0.25) is 0 Å². The van der Waals surface area contributed by atoms with Crippen LogP contribution in [0, 0.1) is 0 Å². The van der Waals surface area contributed by atoms with E-state index < -0.39 is 12.1 Å². The van der Waals surface area contributed by atoms with E-state index in [-0.39, 0.29) is 5.91 Å². The number of rotatable bonds is 6. The van der Waals surface area contributed by atoms with Gasteiger partial charge in [-0.05, 0) is 49.7 Å². The summed E-state index contributed by atoms with van der Waals surface area (Å²) >= 11 is 0. The quantitative estimate of drug-likeness (QED) is 0.612. The number of benzene rings is 1. The molecule has 1 amide bonds. The van der Waals surface area contributed by atoms with Crippen molar-refractivity contribution in [3.63, 3.8) is 0 Å². The Balaban J connectivity index is 1.58. The maximum Gasteiger partial charge on any atom is 0.337 e. The number of esters is 1. The van der Waals surface area contributed by atoms with Crippen LogP contribution < -0.4 is 20.1 Å². The van der Waals surface area contributed by atoms with Crippen LogP contribution in [0.25, 0.3) is 0 Å². The Labute approximate surface area is 156 Å². The minimum atomic E-state index is -0.574. The van der Waals surface area contributed by atoms with Crippen molar-refractivity contribution < 1.29 is 23.8 Å². The molecule has 0 fully saturated rings. The van der Waals surface area contributed by atoms with Gasteiger partial charge in [0, 0.05) is 6.54 Å². The number of hydrogen-bond donors (Lipinski definition) is 1. The molecule has 0 saturated heterocycles. The summed E-state index contributed by atoms with van der Waals surface area (Å²) < 4.78 is 15.9. The fourth-order valence-electron chi connectivity index (χ4n) is 2.73. The van der Waals surface area contributed by atoms with Gasteiger partial charge >= 0.3 is 5.97 Å². The third-order valence-electron chi connectivity index (χ3n) is 4.10. The van der Waals surface area contributed by atoms with E-state index in [4.69, 9.17) is 15.2 Å². The summed E-state index contributed by atoms with van der Waals surface area (Å²) in [7, 11) is 1.33. The molecule has 1 aliphatic heterocycles. The van der Waals surface area contributed by atoms with Gasteiger partial charge in [0.15, 0.2) is 17.7 Å². The van der Waals surface area contributed by atoms with Crippen molar-refractivity contribution in [2.45, 2.75) is 19.4 Å². The molecule has 2 N–H and O–H groups in total. The summed E-state index contributed by atoms with van der Waals surface area (Å²) in [5, 5.41) is 0. The molecule has 3 rings (SSSR count). The Morgan fingerprint density at radius 1 is 1.26 bits per heavy atom. The van der Waals surface area contributed by atoms with Crippen molar-refractivity contribution >= 4 is 23.5 Å². The van der Waals surface area contributed by atoms with Gasteiger partial charge in [0.1, 0.15) is 11.6 Å². The number of carbonyl (C=O) groups is 2. The molecular formula is C19H21N3O5. The second-order valence-corrected chi connectivity index (χ2v) is 6.03.